The van der Waals surface area contributed by atoms with Crippen molar-refractivity contribution in [1.82, 2.24) is 15.5 Å². The summed E-state index contributed by atoms with van der Waals surface area (Å²) in [4.78, 5) is 42.7. The first-order valence-electron chi connectivity index (χ1n) is 15.3. The number of hydrogen-bond donors (Lipinski definition) is 2. The van der Waals surface area contributed by atoms with Crippen molar-refractivity contribution in [3.8, 4) is 0 Å². The Morgan fingerprint density at radius 3 is 2.00 bits per heavy atom. The monoisotopic (exact) mass is 565 g/mol. The number of carbonyl (C=O) groups excluding carboxylic acids is 3. The fourth-order valence-corrected chi connectivity index (χ4v) is 4.72. The number of carbonyl (C=O) groups is 3. The molecular weight excluding hydrogens is 514 g/mol. The van der Waals surface area contributed by atoms with E-state index in [1.54, 1.807) is 25.7 Å². The molecule has 0 aliphatic rings. The van der Waals surface area contributed by atoms with Crippen LogP contribution in [0.25, 0.3) is 0 Å². The highest BCUT2D eigenvalue weighted by Gasteiger charge is 2.36. The number of alkyl carbamates (subject to hydrolysis) is 1. The molecule has 0 aromatic heterocycles. The summed E-state index contributed by atoms with van der Waals surface area (Å²) >= 11 is 0. The van der Waals surface area contributed by atoms with Gasteiger partial charge in [0.25, 0.3) is 0 Å². The van der Waals surface area contributed by atoms with E-state index in [1.807, 2.05) is 60.7 Å². The Balaban J connectivity index is 2.44. The molecule has 2 atom stereocenters. The van der Waals surface area contributed by atoms with E-state index in [9.17, 15) is 14.4 Å². The standard InChI is InChI=1S/C34H51N3O4/c1-6-8-10-11-12-19-25-37(30(28-22-17-14-18-23-28)31(38)35-24-9-7-2)32(39)29(26-27-20-15-13-16-21-27)36-33(40)41-34(3,4)5/h13-18,20-23,29-30H,6-12,19,24-26H2,1-5H3,(H,35,38)(H,36,40). The predicted octanol–water partition coefficient (Wildman–Crippen LogP) is 6.97. The summed E-state index contributed by atoms with van der Waals surface area (Å²) in [5.41, 5.74) is 0.940. The molecule has 0 radical (unpaired) electrons. The van der Waals surface area contributed by atoms with Crippen molar-refractivity contribution < 1.29 is 19.1 Å². The highest BCUT2D eigenvalue weighted by atomic mass is 16.6. The predicted molar refractivity (Wildman–Crippen MR) is 165 cm³/mol. The van der Waals surface area contributed by atoms with Crippen molar-refractivity contribution in [1.29, 1.82) is 0 Å². The maximum Gasteiger partial charge on any atom is 0.408 e. The highest BCUT2D eigenvalue weighted by Crippen LogP contribution is 2.24. The molecule has 2 unspecified atom stereocenters. The van der Waals surface area contributed by atoms with Gasteiger partial charge in [-0.05, 0) is 44.7 Å². The number of nitrogens with one attached hydrogen (secondary N) is 2. The number of nitrogens with zero attached hydrogens (tertiary/aromatic N) is 1. The molecule has 0 saturated heterocycles. The minimum Gasteiger partial charge on any atom is -0.444 e. The van der Waals surface area contributed by atoms with Crippen LogP contribution < -0.4 is 10.6 Å². The molecule has 0 saturated carbocycles. The molecule has 2 aromatic rings. The van der Waals surface area contributed by atoms with Gasteiger partial charge in [0.1, 0.15) is 17.7 Å². The molecule has 0 bridgehead atoms. The molecular formula is C34H51N3O4. The maximum atomic E-state index is 14.4. The van der Waals surface area contributed by atoms with Crippen LogP contribution in [0, 0.1) is 0 Å². The van der Waals surface area contributed by atoms with Gasteiger partial charge >= 0.3 is 6.09 Å². The van der Waals surface area contributed by atoms with Crippen molar-refractivity contribution in [2.24, 2.45) is 0 Å². The summed E-state index contributed by atoms with van der Waals surface area (Å²) in [5, 5.41) is 5.89. The third-order valence-corrected chi connectivity index (χ3v) is 6.81. The van der Waals surface area contributed by atoms with Crippen molar-refractivity contribution in [2.45, 2.75) is 110 Å². The van der Waals surface area contributed by atoms with E-state index in [0.29, 0.717) is 13.1 Å². The van der Waals surface area contributed by atoms with Crippen LogP contribution in [0.3, 0.4) is 0 Å². The molecule has 0 aliphatic heterocycles. The molecule has 3 amide bonds. The number of hydrogen-bond acceptors (Lipinski definition) is 4. The largest absolute Gasteiger partial charge is 0.444 e. The van der Waals surface area contributed by atoms with E-state index >= 15 is 0 Å². The van der Waals surface area contributed by atoms with Gasteiger partial charge in [0.15, 0.2) is 0 Å². The second-order valence-corrected chi connectivity index (χ2v) is 11.6. The van der Waals surface area contributed by atoms with Crippen molar-refractivity contribution in [3.05, 3.63) is 71.8 Å². The smallest absolute Gasteiger partial charge is 0.408 e. The summed E-state index contributed by atoms with van der Waals surface area (Å²) in [6.07, 6.45) is 7.76. The van der Waals surface area contributed by atoms with E-state index in [0.717, 1.165) is 56.1 Å². The molecule has 0 spiro atoms. The Bertz CT molecular complexity index is 1040. The Kier molecular flexibility index (Phi) is 15.0. The average molecular weight is 566 g/mol. The minimum absolute atomic E-state index is 0.209. The van der Waals surface area contributed by atoms with E-state index in [4.69, 9.17) is 4.74 Å². The quantitative estimate of drug-likeness (QED) is 0.203. The molecule has 0 aliphatic carbocycles. The summed E-state index contributed by atoms with van der Waals surface area (Å²) < 4.78 is 5.53. The molecule has 2 rings (SSSR count). The third kappa shape index (κ3) is 12.8. The molecule has 226 valence electrons. The first kappa shape index (κ1) is 33.9. The van der Waals surface area contributed by atoms with Crippen LogP contribution in [0.4, 0.5) is 4.79 Å². The summed E-state index contributed by atoms with van der Waals surface area (Å²) in [7, 11) is 0. The molecule has 41 heavy (non-hydrogen) atoms. The van der Waals surface area contributed by atoms with E-state index in [-0.39, 0.29) is 18.2 Å². The lowest BCUT2D eigenvalue weighted by Crippen LogP contribution is -2.54. The zero-order valence-corrected chi connectivity index (χ0v) is 25.8. The first-order chi connectivity index (χ1) is 19.7. The first-order valence-corrected chi connectivity index (χ1v) is 15.3. The van der Waals surface area contributed by atoms with Crippen LogP contribution in [0.2, 0.25) is 0 Å². The Morgan fingerprint density at radius 2 is 1.39 bits per heavy atom. The van der Waals surface area contributed by atoms with Gasteiger partial charge in [0.2, 0.25) is 11.8 Å². The molecule has 7 nitrogen and oxygen atoms in total. The van der Waals surface area contributed by atoms with Crippen molar-refractivity contribution in [2.75, 3.05) is 13.1 Å². The van der Waals surface area contributed by atoms with Gasteiger partial charge in [0, 0.05) is 19.5 Å². The number of unbranched alkanes of at least 4 members (excludes halogenated alkanes) is 6. The second kappa shape index (κ2) is 18.2. The van der Waals surface area contributed by atoms with Gasteiger partial charge in [-0.1, -0.05) is 113 Å². The lowest BCUT2D eigenvalue weighted by molar-refractivity contribution is -0.142. The van der Waals surface area contributed by atoms with Gasteiger partial charge in [0.05, 0.1) is 0 Å². The summed E-state index contributed by atoms with van der Waals surface area (Å²) in [5.74, 6) is -0.507. The van der Waals surface area contributed by atoms with Crippen LogP contribution in [0.1, 0.15) is 103 Å². The maximum absolute atomic E-state index is 14.4. The normalized spacial score (nSPS) is 12.7. The average Bonchev–Trinajstić information content (AvgIpc) is 2.93. The number of benzene rings is 2. The zero-order valence-electron chi connectivity index (χ0n) is 25.8. The molecule has 0 heterocycles. The summed E-state index contributed by atoms with van der Waals surface area (Å²) in [6, 6.07) is 17.3. The molecule has 2 aromatic carbocycles. The second-order valence-electron chi connectivity index (χ2n) is 11.6. The molecule has 7 heteroatoms. The van der Waals surface area contributed by atoms with E-state index in [2.05, 4.69) is 24.5 Å². The number of ether oxygens (including phenoxy) is 1. The van der Waals surface area contributed by atoms with Crippen LogP contribution >= 0.6 is 0 Å². The lowest BCUT2D eigenvalue weighted by Gasteiger charge is -2.34. The van der Waals surface area contributed by atoms with Crippen molar-refractivity contribution in [3.63, 3.8) is 0 Å². The highest BCUT2D eigenvalue weighted by molar-refractivity contribution is 5.92. The van der Waals surface area contributed by atoms with Crippen LogP contribution in [-0.2, 0) is 20.7 Å². The van der Waals surface area contributed by atoms with Gasteiger partial charge in [-0.25, -0.2) is 4.79 Å². The zero-order chi connectivity index (χ0) is 30.1. The van der Waals surface area contributed by atoms with E-state index < -0.39 is 23.8 Å². The van der Waals surface area contributed by atoms with Gasteiger partial charge in [-0.15, -0.1) is 0 Å². The van der Waals surface area contributed by atoms with Crippen molar-refractivity contribution >= 4 is 17.9 Å². The minimum atomic E-state index is -0.901. The van der Waals surface area contributed by atoms with Gasteiger partial charge < -0.3 is 20.3 Å². The van der Waals surface area contributed by atoms with Crippen LogP contribution in [-0.4, -0.2) is 47.5 Å². The third-order valence-electron chi connectivity index (χ3n) is 6.81. The number of amides is 3. The fraction of sp³-hybridized carbons (Fsp3) is 0.559. The van der Waals surface area contributed by atoms with E-state index in [1.165, 1.54) is 6.42 Å². The topological polar surface area (TPSA) is 87.7 Å². The molecule has 0 fully saturated rings. The Morgan fingerprint density at radius 1 is 0.805 bits per heavy atom. The van der Waals surface area contributed by atoms with Crippen LogP contribution in [0.5, 0.6) is 0 Å². The van der Waals surface area contributed by atoms with Crippen LogP contribution in [0.15, 0.2) is 60.7 Å². The number of rotatable bonds is 17. The lowest BCUT2D eigenvalue weighted by atomic mass is 9.99. The van der Waals surface area contributed by atoms with Gasteiger partial charge in [-0.3, -0.25) is 9.59 Å². The fourth-order valence-electron chi connectivity index (χ4n) is 4.72. The van der Waals surface area contributed by atoms with Gasteiger partial charge in [-0.2, -0.15) is 0 Å². The molecule has 2 N–H and O–H groups in total. The Labute approximate surface area is 247 Å². The SMILES string of the molecule is CCCCCCCCN(C(=O)C(Cc1ccccc1)NC(=O)OC(C)(C)C)C(C(=O)NCCCC)c1ccccc1. The Hall–Kier alpha value is -3.35. The summed E-state index contributed by atoms with van der Waals surface area (Å²) in [6.45, 7) is 10.6.